The molecule has 7 heteroatoms. The van der Waals surface area contributed by atoms with Gasteiger partial charge in [0.2, 0.25) is 11.8 Å². The van der Waals surface area contributed by atoms with Crippen molar-refractivity contribution in [1.29, 1.82) is 0 Å². The van der Waals surface area contributed by atoms with Crippen molar-refractivity contribution in [3.63, 3.8) is 0 Å². The second-order valence-electron chi connectivity index (χ2n) is 8.14. The molecule has 6 nitrogen and oxygen atoms in total. The van der Waals surface area contributed by atoms with E-state index in [0.29, 0.717) is 36.3 Å². The Bertz CT molecular complexity index is 799. The lowest BCUT2D eigenvalue weighted by Crippen LogP contribution is -2.38. The Kier molecular flexibility index (Phi) is 5.97. The molecule has 0 spiro atoms. The molecule has 0 aliphatic carbocycles. The van der Waals surface area contributed by atoms with Crippen molar-refractivity contribution in [2.75, 3.05) is 26.7 Å². The van der Waals surface area contributed by atoms with Gasteiger partial charge in [-0.2, -0.15) is 4.98 Å². The van der Waals surface area contributed by atoms with E-state index in [1.807, 2.05) is 29.2 Å². The number of carbonyl (C=O) groups is 1. The molecule has 0 unspecified atom stereocenters. The molecule has 2 saturated heterocycles. The maximum Gasteiger partial charge on any atom is 0.231 e. The van der Waals surface area contributed by atoms with E-state index in [-0.39, 0.29) is 11.8 Å². The first-order chi connectivity index (χ1) is 13.6. The lowest BCUT2D eigenvalue weighted by Gasteiger charge is -2.31. The van der Waals surface area contributed by atoms with E-state index in [9.17, 15) is 4.79 Å². The van der Waals surface area contributed by atoms with Crippen LogP contribution in [0.1, 0.15) is 48.9 Å². The quantitative estimate of drug-likeness (QED) is 0.765. The molecule has 0 saturated carbocycles. The topological polar surface area (TPSA) is 62.5 Å². The minimum absolute atomic E-state index is 0.115. The maximum atomic E-state index is 12.4. The van der Waals surface area contributed by atoms with Crippen LogP contribution in [-0.4, -0.2) is 52.5 Å². The zero-order chi connectivity index (χ0) is 19.5. The summed E-state index contributed by atoms with van der Waals surface area (Å²) in [4.78, 5) is 21.3. The Hall–Kier alpha value is -1.92. The number of aromatic nitrogens is 2. The Balaban J connectivity index is 1.37. The predicted molar refractivity (Wildman–Crippen MR) is 107 cm³/mol. The van der Waals surface area contributed by atoms with E-state index >= 15 is 0 Å². The van der Waals surface area contributed by atoms with E-state index in [0.717, 1.165) is 37.3 Å². The molecule has 1 atom stereocenters. The Morgan fingerprint density at radius 1 is 1.18 bits per heavy atom. The third-order valence-electron chi connectivity index (χ3n) is 5.93. The Morgan fingerprint density at radius 3 is 2.68 bits per heavy atom. The number of piperidine rings is 2. The second-order valence-corrected chi connectivity index (χ2v) is 8.57. The summed E-state index contributed by atoms with van der Waals surface area (Å²) in [5, 5.41) is 4.93. The lowest BCUT2D eigenvalue weighted by atomic mass is 9.93. The van der Waals surface area contributed by atoms with Gasteiger partial charge in [0, 0.05) is 31.0 Å². The fourth-order valence-electron chi connectivity index (χ4n) is 4.12. The molecule has 2 aromatic rings. The van der Waals surface area contributed by atoms with Crippen LogP contribution in [0.5, 0.6) is 0 Å². The van der Waals surface area contributed by atoms with Gasteiger partial charge in [0.05, 0.1) is 5.92 Å². The van der Waals surface area contributed by atoms with Crippen LogP contribution in [0.15, 0.2) is 28.8 Å². The van der Waals surface area contributed by atoms with Gasteiger partial charge < -0.3 is 14.3 Å². The third kappa shape index (κ3) is 4.73. The fraction of sp³-hybridized carbons (Fsp3) is 0.571. The Labute approximate surface area is 170 Å². The number of benzene rings is 1. The van der Waals surface area contributed by atoms with Crippen molar-refractivity contribution in [3.05, 3.63) is 46.6 Å². The zero-order valence-electron chi connectivity index (χ0n) is 16.3. The molecular formula is C21H27ClN4O2. The van der Waals surface area contributed by atoms with Crippen molar-refractivity contribution in [3.8, 4) is 0 Å². The summed E-state index contributed by atoms with van der Waals surface area (Å²) < 4.78 is 5.59. The van der Waals surface area contributed by atoms with Gasteiger partial charge in [-0.05, 0) is 63.0 Å². The van der Waals surface area contributed by atoms with E-state index in [4.69, 9.17) is 16.1 Å². The van der Waals surface area contributed by atoms with Gasteiger partial charge in [-0.3, -0.25) is 4.79 Å². The number of hydrogen-bond donors (Lipinski definition) is 0. The van der Waals surface area contributed by atoms with E-state index in [1.165, 1.54) is 12.8 Å². The van der Waals surface area contributed by atoms with Crippen LogP contribution in [0.4, 0.5) is 0 Å². The molecule has 150 valence electrons. The summed E-state index contributed by atoms with van der Waals surface area (Å²) in [5.41, 5.74) is 1.08. The van der Waals surface area contributed by atoms with E-state index < -0.39 is 0 Å². The van der Waals surface area contributed by atoms with Crippen LogP contribution in [-0.2, 0) is 17.8 Å². The van der Waals surface area contributed by atoms with Crippen LogP contribution >= 0.6 is 11.6 Å². The molecule has 28 heavy (non-hydrogen) atoms. The van der Waals surface area contributed by atoms with Crippen molar-refractivity contribution in [2.24, 2.45) is 5.92 Å². The first kappa shape index (κ1) is 19.4. The van der Waals surface area contributed by atoms with Gasteiger partial charge in [0.15, 0.2) is 5.82 Å². The smallest absolute Gasteiger partial charge is 0.231 e. The highest BCUT2D eigenvalue weighted by Gasteiger charge is 2.30. The summed E-state index contributed by atoms with van der Waals surface area (Å²) in [6, 6.07) is 7.64. The average molecular weight is 403 g/mol. The summed E-state index contributed by atoms with van der Waals surface area (Å²) in [6.07, 6.45) is 4.55. The van der Waals surface area contributed by atoms with Crippen LogP contribution < -0.4 is 0 Å². The van der Waals surface area contributed by atoms with Crippen molar-refractivity contribution in [2.45, 2.75) is 44.6 Å². The third-order valence-corrected chi connectivity index (χ3v) is 6.18. The number of rotatable bonds is 5. The Morgan fingerprint density at radius 2 is 1.93 bits per heavy atom. The fourth-order valence-corrected chi connectivity index (χ4v) is 4.25. The highest BCUT2D eigenvalue weighted by atomic mass is 35.5. The van der Waals surface area contributed by atoms with Crippen molar-refractivity contribution in [1.82, 2.24) is 19.9 Å². The maximum absolute atomic E-state index is 12.4. The van der Waals surface area contributed by atoms with Crippen LogP contribution in [0, 0.1) is 5.92 Å². The van der Waals surface area contributed by atoms with Gasteiger partial charge >= 0.3 is 0 Å². The van der Waals surface area contributed by atoms with Crippen LogP contribution in [0.3, 0.4) is 0 Å². The molecule has 2 aliphatic heterocycles. The molecule has 4 rings (SSSR count). The molecular weight excluding hydrogens is 376 g/mol. The number of halogens is 1. The van der Waals surface area contributed by atoms with Gasteiger partial charge in [-0.25, -0.2) is 0 Å². The van der Waals surface area contributed by atoms with Crippen LogP contribution in [0.2, 0.25) is 5.02 Å². The predicted octanol–water partition coefficient (Wildman–Crippen LogP) is 3.51. The SMILES string of the molecule is CN1CCC(Cc2noc([C@H]3CCC(=O)N(Cc4ccc(Cl)cc4)C3)n2)CC1. The van der Waals surface area contributed by atoms with Crippen molar-refractivity contribution < 1.29 is 9.32 Å². The summed E-state index contributed by atoms with van der Waals surface area (Å²) >= 11 is 5.96. The summed E-state index contributed by atoms with van der Waals surface area (Å²) in [6.45, 7) is 3.49. The lowest BCUT2D eigenvalue weighted by molar-refractivity contribution is -0.134. The van der Waals surface area contributed by atoms with Gasteiger partial charge in [-0.1, -0.05) is 28.9 Å². The largest absolute Gasteiger partial charge is 0.339 e. The molecule has 0 bridgehead atoms. The first-order valence-corrected chi connectivity index (χ1v) is 10.5. The number of amides is 1. The first-order valence-electron chi connectivity index (χ1n) is 10.1. The normalized spacial score (nSPS) is 22.0. The van der Waals surface area contributed by atoms with Gasteiger partial charge in [0.25, 0.3) is 0 Å². The molecule has 1 amide bonds. The average Bonchev–Trinajstić information content (AvgIpc) is 3.16. The highest BCUT2D eigenvalue weighted by molar-refractivity contribution is 6.30. The zero-order valence-corrected chi connectivity index (χ0v) is 17.1. The number of carbonyl (C=O) groups excluding carboxylic acids is 1. The highest BCUT2D eigenvalue weighted by Crippen LogP contribution is 2.28. The number of likely N-dealkylation sites (tertiary alicyclic amines) is 2. The monoisotopic (exact) mass is 402 g/mol. The second kappa shape index (κ2) is 8.62. The number of hydrogen-bond acceptors (Lipinski definition) is 5. The molecule has 0 radical (unpaired) electrons. The number of nitrogens with zero attached hydrogens (tertiary/aromatic N) is 4. The molecule has 2 aliphatic rings. The minimum Gasteiger partial charge on any atom is -0.339 e. The van der Waals surface area contributed by atoms with Crippen LogP contribution in [0.25, 0.3) is 0 Å². The summed E-state index contributed by atoms with van der Waals surface area (Å²) in [7, 11) is 2.17. The standard InChI is InChI=1S/C21H27ClN4O2/c1-25-10-8-15(9-11-25)12-19-23-21(28-24-19)17-4-7-20(27)26(14-17)13-16-2-5-18(22)6-3-16/h2-3,5-6,15,17H,4,7-14H2,1H3/t17-/m0/s1. The molecule has 3 heterocycles. The summed E-state index contributed by atoms with van der Waals surface area (Å²) in [5.74, 6) is 2.42. The molecule has 0 N–H and O–H groups in total. The van der Waals surface area contributed by atoms with E-state index in [2.05, 4.69) is 22.1 Å². The minimum atomic E-state index is 0.115. The van der Waals surface area contributed by atoms with Gasteiger partial charge in [-0.15, -0.1) is 0 Å². The van der Waals surface area contributed by atoms with Gasteiger partial charge in [0.1, 0.15) is 0 Å². The molecule has 1 aromatic carbocycles. The van der Waals surface area contributed by atoms with E-state index in [1.54, 1.807) is 0 Å². The molecule has 1 aromatic heterocycles. The van der Waals surface area contributed by atoms with Crippen molar-refractivity contribution >= 4 is 17.5 Å². The molecule has 2 fully saturated rings.